The number of hydrogen-bond donors (Lipinski definition) is 0. The smallest absolute Gasteiger partial charge is 0.436 e. The number of carbonyl (C=O) groups excluding carboxylic acids is 1. The lowest BCUT2D eigenvalue weighted by atomic mass is 9.78. The largest absolute Gasteiger partial charge is 0.465 e. The Labute approximate surface area is 197 Å². The van der Waals surface area contributed by atoms with Crippen LogP contribution in [0.15, 0.2) is 41.6 Å². The number of alkyl halides is 3. The van der Waals surface area contributed by atoms with Gasteiger partial charge in [-0.15, -0.1) is 0 Å². The van der Waals surface area contributed by atoms with Gasteiger partial charge in [-0.05, 0) is 55.8 Å². The van der Waals surface area contributed by atoms with Crippen LogP contribution in [0, 0.1) is 19.8 Å². The molecule has 0 N–H and O–H groups in total. The SMILES string of the molecule is COC(=O)c1ccc(C2=NOC(c3cc(Cl)cc(Cl)c3)(C(F)(F)F)C2C)n2c(C)cc(C)c12. The van der Waals surface area contributed by atoms with Gasteiger partial charge >= 0.3 is 12.1 Å². The van der Waals surface area contributed by atoms with Gasteiger partial charge in [0.2, 0.25) is 0 Å². The van der Waals surface area contributed by atoms with E-state index in [9.17, 15) is 18.0 Å². The zero-order valence-corrected chi connectivity index (χ0v) is 19.6. The molecular weight excluding hydrogens is 480 g/mol. The van der Waals surface area contributed by atoms with Crippen LogP contribution in [0.3, 0.4) is 0 Å². The fourth-order valence-corrected chi connectivity index (χ4v) is 5.03. The van der Waals surface area contributed by atoms with Crippen LogP contribution in [-0.2, 0) is 15.2 Å². The minimum absolute atomic E-state index is 0.0482. The average molecular weight is 499 g/mol. The number of halogens is 5. The average Bonchev–Trinajstić information content (AvgIpc) is 3.23. The van der Waals surface area contributed by atoms with E-state index < -0.39 is 23.7 Å². The third kappa shape index (κ3) is 3.47. The van der Waals surface area contributed by atoms with Gasteiger partial charge in [-0.3, -0.25) is 0 Å². The number of fused-ring (bicyclic) bond motifs is 1. The minimum atomic E-state index is -4.83. The molecule has 1 aliphatic rings. The summed E-state index contributed by atoms with van der Waals surface area (Å²) in [6, 6.07) is 8.59. The molecule has 33 heavy (non-hydrogen) atoms. The van der Waals surface area contributed by atoms with Gasteiger partial charge in [-0.1, -0.05) is 35.3 Å². The molecule has 5 nitrogen and oxygen atoms in total. The van der Waals surface area contributed by atoms with Crippen molar-refractivity contribution in [3.05, 3.63) is 74.5 Å². The van der Waals surface area contributed by atoms with Gasteiger partial charge in [0.05, 0.1) is 29.8 Å². The highest BCUT2D eigenvalue weighted by Gasteiger charge is 2.66. The maximum atomic E-state index is 14.6. The first-order valence-corrected chi connectivity index (χ1v) is 10.7. The minimum Gasteiger partial charge on any atom is -0.465 e. The zero-order valence-electron chi connectivity index (χ0n) is 18.1. The van der Waals surface area contributed by atoms with E-state index in [0.29, 0.717) is 22.5 Å². The van der Waals surface area contributed by atoms with Crippen molar-refractivity contribution in [2.45, 2.75) is 32.5 Å². The van der Waals surface area contributed by atoms with Gasteiger partial charge in [0, 0.05) is 21.3 Å². The van der Waals surface area contributed by atoms with Crippen molar-refractivity contribution < 1.29 is 27.5 Å². The van der Waals surface area contributed by atoms with Crippen molar-refractivity contribution in [1.29, 1.82) is 0 Å². The Morgan fingerprint density at radius 3 is 2.36 bits per heavy atom. The number of oxime groups is 1. The van der Waals surface area contributed by atoms with Gasteiger partial charge in [0.15, 0.2) is 0 Å². The summed E-state index contributed by atoms with van der Waals surface area (Å²) in [6.45, 7) is 4.99. The van der Waals surface area contributed by atoms with E-state index in [2.05, 4.69) is 5.16 Å². The predicted octanol–water partition coefficient (Wildman–Crippen LogP) is 6.48. The normalized spacial score (nSPS) is 20.6. The van der Waals surface area contributed by atoms with Crippen LogP contribution in [0.1, 0.15) is 39.8 Å². The molecule has 10 heteroatoms. The molecule has 3 heterocycles. The zero-order chi connectivity index (χ0) is 24.3. The Hall–Kier alpha value is -2.71. The Bertz CT molecular complexity index is 1300. The summed E-state index contributed by atoms with van der Waals surface area (Å²) in [6.07, 6.45) is -4.83. The molecule has 0 radical (unpaired) electrons. The number of carbonyl (C=O) groups is 1. The second kappa shape index (κ2) is 7.95. The van der Waals surface area contributed by atoms with Gasteiger partial charge in [-0.2, -0.15) is 13.2 Å². The van der Waals surface area contributed by atoms with Crippen LogP contribution < -0.4 is 0 Å². The maximum Gasteiger partial charge on any atom is 0.436 e. The van der Waals surface area contributed by atoms with Crippen molar-refractivity contribution in [2.24, 2.45) is 11.1 Å². The van der Waals surface area contributed by atoms with Crippen molar-refractivity contribution in [2.75, 3.05) is 7.11 Å². The number of esters is 1. The molecule has 0 aliphatic carbocycles. The summed E-state index contributed by atoms with van der Waals surface area (Å²) < 4.78 is 50.3. The molecule has 0 saturated carbocycles. The van der Waals surface area contributed by atoms with Crippen molar-refractivity contribution in [3.8, 4) is 0 Å². The number of pyridine rings is 1. The highest BCUT2D eigenvalue weighted by atomic mass is 35.5. The van der Waals surface area contributed by atoms with Crippen molar-refractivity contribution in [1.82, 2.24) is 4.40 Å². The Balaban J connectivity index is 1.93. The molecule has 4 rings (SSSR count). The third-order valence-electron chi connectivity index (χ3n) is 5.97. The molecule has 0 saturated heterocycles. The second-order valence-corrected chi connectivity index (χ2v) is 8.83. The summed E-state index contributed by atoms with van der Waals surface area (Å²) in [5, 5.41) is 4.01. The summed E-state index contributed by atoms with van der Waals surface area (Å²) in [4.78, 5) is 17.5. The van der Waals surface area contributed by atoms with Crippen LogP contribution in [0.4, 0.5) is 13.2 Å². The summed E-state index contributed by atoms with van der Waals surface area (Å²) >= 11 is 12.0. The van der Waals surface area contributed by atoms with E-state index in [4.69, 9.17) is 32.8 Å². The van der Waals surface area contributed by atoms with Crippen LogP contribution in [-0.4, -0.2) is 29.4 Å². The molecule has 0 bridgehead atoms. The van der Waals surface area contributed by atoms with Gasteiger partial charge < -0.3 is 14.0 Å². The highest BCUT2D eigenvalue weighted by Crippen LogP contribution is 2.52. The number of aryl methyl sites for hydroxylation is 2. The van der Waals surface area contributed by atoms with Crippen LogP contribution in [0.2, 0.25) is 10.0 Å². The quantitative estimate of drug-likeness (QED) is 0.388. The van der Waals surface area contributed by atoms with Gasteiger partial charge in [0.1, 0.15) is 5.71 Å². The lowest BCUT2D eigenvalue weighted by Gasteiger charge is -2.34. The van der Waals surface area contributed by atoms with Gasteiger partial charge in [-0.25, -0.2) is 4.79 Å². The topological polar surface area (TPSA) is 52.3 Å². The van der Waals surface area contributed by atoms with Crippen molar-refractivity contribution >= 4 is 40.4 Å². The van der Waals surface area contributed by atoms with Gasteiger partial charge in [0.25, 0.3) is 5.60 Å². The number of benzene rings is 1. The first-order chi connectivity index (χ1) is 15.4. The molecule has 1 aromatic carbocycles. The fourth-order valence-electron chi connectivity index (χ4n) is 4.50. The molecule has 2 aromatic heterocycles. The summed E-state index contributed by atoms with van der Waals surface area (Å²) in [7, 11) is 1.27. The van der Waals surface area contributed by atoms with E-state index in [1.807, 2.05) is 13.0 Å². The monoisotopic (exact) mass is 498 g/mol. The highest BCUT2D eigenvalue weighted by molar-refractivity contribution is 6.34. The number of aromatic nitrogens is 1. The first kappa shape index (κ1) is 23.4. The maximum absolute atomic E-state index is 14.6. The lowest BCUT2D eigenvalue weighted by Crippen LogP contribution is -2.48. The molecule has 2 unspecified atom stereocenters. The molecular formula is C23H19Cl2F3N2O3. The van der Waals surface area contributed by atoms with Crippen LogP contribution in [0.25, 0.3) is 5.52 Å². The molecule has 2 atom stereocenters. The number of hydrogen-bond acceptors (Lipinski definition) is 4. The third-order valence-corrected chi connectivity index (χ3v) is 6.40. The number of methoxy groups -OCH3 is 1. The summed E-state index contributed by atoms with van der Waals surface area (Å²) in [5.74, 6) is -1.81. The Morgan fingerprint density at radius 1 is 1.15 bits per heavy atom. The number of nitrogens with zero attached hydrogens (tertiary/aromatic N) is 2. The molecule has 0 spiro atoms. The Morgan fingerprint density at radius 2 is 1.79 bits per heavy atom. The van der Waals surface area contributed by atoms with Crippen LogP contribution >= 0.6 is 23.2 Å². The lowest BCUT2D eigenvalue weighted by molar-refractivity contribution is -0.287. The molecule has 1 aliphatic heterocycles. The van der Waals surface area contributed by atoms with E-state index >= 15 is 0 Å². The molecule has 0 amide bonds. The first-order valence-electron chi connectivity index (χ1n) is 9.92. The standard InChI is InChI=1S/C23H19Cl2F3N2O3/c1-11-7-12(2)30-18(6-5-17(20(11)30)21(31)32-4)19-13(3)22(33-29-19,23(26,27)28)14-8-15(24)10-16(25)9-14/h5-10,13H,1-4H3. The van der Waals surface area contributed by atoms with E-state index in [1.165, 1.54) is 38.3 Å². The predicted molar refractivity (Wildman–Crippen MR) is 119 cm³/mol. The van der Waals surface area contributed by atoms with Crippen LogP contribution in [0.5, 0.6) is 0 Å². The van der Waals surface area contributed by atoms with Crippen molar-refractivity contribution in [3.63, 3.8) is 0 Å². The molecule has 174 valence electrons. The second-order valence-electron chi connectivity index (χ2n) is 7.96. The van der Waals surface area contributed by atoms with E-state index in [-0.39, 0.29) is 21.3 Å². The molecule has 0 fully saturated rings. The molecule has 3 aromatic rings. The van der Waals surface area contributed by atoms with E-state index in [1.54, 1.807) is 17.4 Å². The number of ether oxygens (including phenoxy) is 1. The fraction of sp³-hybridized carbons (Fsp3) is 0.304. The summed E-state index contributed by atoms with van der Waals surface area (Å²) in [5.41, 5.74) is -0.288. The Kier molecular flexibility index (Phi) is 5.65. The van der Waals surface area contributed by atoms with E-state index in [0.717, 1.165) is 5.56 Å². The number of rotatable bonds is 3.